The predicted molar refractivity (Wildman–Crippen MR) is 44.8 cm³/mol. The molecule has 1 aliphatic rings. The van der Waals surface area contributed by atoms with Crippen LogP contribution in [0.4, 0.5) is 8.78 Å². The van der Waals surface area contributed by atoms with Crippen LogP contribution in [-0.4, -0.2) is 25.8 Å². The topological polar surface area (TPSA) is 35.5 Å². The SMILES string of the molecule is CCOC(=O)C1CC(COC(F)F)C1. The molecule has 0 aromatic rings. The number of carbonyl (C=O) groups is 1. The second-order valence-corrected chi connectivity index (χ2v) is 3.38. The highest BCUT2D eigenvalue weighted by molar-refractivity contribution is 5.73. The zero-order chi connectivity index (χ0) is 10.6. The van der Waals surface area contributed by atoms with Gasteiger partial charge in [0.25, 0.3) is 0 Å². The number of hydrogen-bond donors (Lipinski definition) is 0. The van der Waals surface area contributed by atoms with E-state index in [0.29, 0.717) is 19.4 Å². The van der Waals surface area contributed by atoms with Crippen LogP contribution in [0.2, 0.25) is 0 Å². The maximum Gasteiger partial charge on any atom is 0.345 e. The molecule has 1 fully saturated rings. The van der Waals surface area contributed by atoms with Crippen LogP contribution in [0, 0.1) is 11.8 Å². The lowest BCUT2D eigenvalue weighted by atomic mass is 9.75. The lowest BCUT2D eigenvalue weighted by molar-refractivity contribution is -0.162. The molecule has 14 heavy (non-hydrogen) atoms. The fourth-order valence-corrected chi connectivity index (χ4v) is 1.53. The molecule has 0 aliphatic heterocycles. The average Bonchev–Trinajstić information content (AvgIpc) is 2.01. The summed E-state index contributed by atoms with van der Waals surface area (Å²) in [5, 5.41) is 0. The molecule has 0 heterocycles. The quantitative estimate of drug-likeness (QED) is 0.646. The maximum absolute atomic E-state index is 11.6. The van der Waals surface area contributed by atoms with Gasteiger partial charge in [-0.2, -0.15) is 8.78 Å². The zero-order valence-corrected chi connectivity index (χ0v) is 8.04. The van der Waals surface area contributed by atoms with Gasteiger partial charge in [-0.05, 0) is 25.7 Å². The van der Waals surface area contributed by atoms with Crippen LogP contribution < -0.4 is 0 Å². The molecule has 0 unspecified atom stereocenters. The van der Waals surface area contributed by atoms with Crippen LogP contribution in [0.5, 0.6) is 0 Å². The Bertz CT molecular complexity index is 190. The fraction of sp³-hybridized carbons (Fsp3) is 0.889. The summed E-state index contributed by atoms with van der Waals surface area (Å²) in [6.07, 6.45) is 1.21. The minimum atomic E-state index is -2.71. The number of carbonyl (C=O) groups excluding carboxylic acids is 1. The number of halogens is 2. The Balaban J connectivity index is 2.08. The van der Waals surface area contributed by atoms with E-state index < -0.39 is 6.61 Å². The molecule has 0 atom stereocenters. The van der Waals surface area contributed by atoms with Crippen molar-refractivity contribution in [3.8, 4) is 0 Å². The van der Waals surface area contributed by atoms with Gasteiger partial charge in [0.1, 0.15) is 0 Å². The number of ether oxygens (including phenoxy) is 2. The molecule has 0 N–H and O–H groups in total. The first-order chi connectivity index (χ1) is 6.63. The first-order valence-electron chi connectivity index (χ1n) is 4.69. The first-order valence-corrected chi connectivity index (χ1v) is 4.69. The van der Waals surface area contributed by atoms with E-state index in [1.54, 1.807) is 6.92 Å². The van der Waals surface area contributed by atoms with Gasteiger partial charge in [-0.15, -0.1) is 0 Å². The van der Waals surface area contributed by atoms with Crippen LogP contribution in [0.3, 0.4) is 0 Å². The molecule has 0 bridgehead atoms. The minimum absolute atomic E-state index is 0.0353. The number of hydrogen-bond acceptors (Lipinski definition) is 3. The average molecular weight is 208 g/mol. The molecule has 0 amide bonds. The Hall–Kier alpha value is -0.710. The van der Waals surface area contributed by atoms with Gasteiger partial charge in [0.05, 0.1) is 19.1 Å². The molecule has 0 spiro atoms. The zero-order valence-electron chi connectivity index (χ0n) is 8.04. The van der Waals surface area contributed by atoms with Gasteiger partial charge in [-0.3, -0.25) is 4.79 Å². The fourth-order valence-electron chi connectivity index (χ4n) is 1.53. The van der Waals surface area contributed by atoms with Crippen LogP contribution in [0.1, 0.15) is 19.8 Å². The van der Waals surface area contributed by atoms with E-state index in [9.17, 15) is 13.6 Å². The third kappa shape index (κ3) is 3.21. The molecular formula is C9H14F2O3. The Morgan fingerprint density at radius 2 is 2.14 bits per heavy atom. The van der Waals surface area contributed by atoms with Crippen LogP contribution in [0.25, 0.3) is 0 Å². The van der Waals surface area contributed by atoms with Gasteiger partial charge in [-0.1, -0.05) is 0 Å². The van der Waals surface area contributed by atoms with Crippen molar-refractivity contribution in [3.63, 3.8) is 0 Å². The third-order valence-electron chi connectivity index (χ3n) is 2.31. The highest BCUT2D eigenvalue weighted by Crippen LogP contribution is 2.34. The van der Waals surface area contributed by atoms with Crippen molar-refractivity contribution < 1.29 is 23.0 Å². The molecule has 3 nitrogen and oxygen atoms in total. The van der Waals surface area contributed by atoms with Crippen molar-refractivity contribution in [3.05, 3.63) is 0 Å². The second kappa shape index (κ2) is 5.24. The predicted octanol–water partition coefficient (Wildman–Crippen LogP) is 1.81. The lowest BCUT2D eigenvalue weighted by Gasteiger charge is -2.32. The van der Waals surface area contributed by atoms with Gasteiger partial charge >= 0.3 is 12.6 Å². The summed E-state index contributed by atoms with van der Waals surface area (Å²) >= 11 is 0. The molecule has 1 aliphatic carbocycles. The van der Waals surface area contributed by atoms with E-state index in [1.165, 1.54) is 0 Å². The standard InChI is InChI=1S/C9H14F2O3/c1-2-13-8(12)7-3-6(4-7)5-14-9(10)11/h6-7,9H,2-5H2,1H3. The molecule has 0 saturated heterocycles. The van der Waals surface area contributed by atoms with Crippen molar-refractivity contribution in [2.24, 2.45) is 11.8 Å². The van der Waals surface area contributed by atoms with Gasteiger partial charge < -0.3 is 9.47 Å². The third-order valence-corrected chi connectivity index (χ3v) is 2.31. The summed E-state index contributed by atoms with van der Waals surface area (Å²) in [5.41, 5.74) is 0. The number of esters is 1. The molecule has 1 saturated carbocycles. The summed E-state index contributed by atoms with van der Waals surface area (Å²) in [6.45, 7) is -0.564. The van der Waals surface area contributed by atoms with E-state index in [2.05, 4.69) is 4.74 Å². The largest absolute Gasteiger partial charge is 0.466 e. The van der Waals surface area contributed by atoms with E-state index in [0.717, 1.165) is 0 Å². The van der Waals surface area contributed by atoms with E-state index in [-0.39, 0.29) is 24.4 Å². The molecule has 0 aromatic carbocycles. The molecular weight excluding hydrogens is 194 g/mol. The van der Waals surface area contributed by atoms with Crippen LogP contribution in [0.15, 0.2) is 0 Å². The molecule has 5 heteroatoms. The smallest absolute Gasteiger partial charge is 0.345 e. The summed E-state index contributed by atoms with van der Waals surface area (Å²) < 4.78 is 32.2. The van der Waals surface area contributed by atoms with Crippen LogP contribution >= 0.6 is 0 Å². The molecule has 82 valence electrons. The molecule has 1 rings (SSSR count). The molecule has 0 radical (unpaired) electrons. The van der Waals surface area contributed by atoms with E-state index >= 15 is 0 Å². The summed E-state index contributed by atoms with van der Waals surface area (Å²) in [7, 11) is 0. The number of rotatable bonds is 5. The van der Waals surface area contributed by atoms with Crippen LogP contribution in [-0.2, 0) is 14.3 Å². The highest BCUT2D eigenvalue weighted by Gasteiger charge is 2.35. The summed E-state index contributed by atoms with van der Waals surface area (Å²) in [4.78, 5) is 11.1. The Morgan fingerprint density at radius 3 is 2.64 bits per heavy atom. The van der Waals surface area contributed by atoms with E-state index in [1.807, 2.05) is 0 Å². The summed E-state index contributed by atoms with van der Waals surface area (Å²) in [6, 6.07) is 0. The Morgan fingerprint density at radius 1 is 1.50 bits per heavy atom. The van der Waals surface area contributed by atoms with Crippen molar-refractivity contribution >= 4 is 5.97 Å². The monoisotopic (exact) mass is 208 g/mol. The van der Waals surface area contributed by atoms with Crippen molar-refractivity contribution in [2.75, 3.05) is 13.2 Å². The van der Waals surface area contributed by atoms with Crippen molar-refractivity contribution in [1.29, 1.82) is 0 Å². The van der Waals surface area contributed by atoms with Gasteiger partial charge in [-0.25, -0.2) is 0 Å². The summed E-state index contributed by atoms with van der Waals surface area (Å²) in [5.74, 6) is -0.250. The molecule has 0 aromatic heterocycles. The van der Waals surface area contributed by atoms with Gasteiger partial charge in [0.15, 0.2) is 0 Å². The highest BCUT2D eigenvalue weighted by atomic mass is 19.3. The van der Waals surface area contributed by atoms with E-state index in [4.69, 9.17) is 4.74 Å². The lowest BCUT2D eigenvalue weighted by Crippen LogP contribution is -2.34. The van der Waals surface area contributed by atoms with Crippen molar-refractivity contribution in [1.82, 2.24) is 0 Å². The second-order valence-electron chi connectivity index (χ2n) is 3.38. The first kappa shape index (κ1) is 11.4. The van der Waals surface area contributed by atoms with Gasteiger partial charge in [0, 0.05) is 0 Å². The Kier molecular flexibility index (Phi) is 4.25. The van der Waals surface area contributed by atoms with Gasteiger partial charge in [0.2, 0.25) is 0 Å². The Labute approximate surface area is 81.4 Å². The number of alkyl halides is 2. The van der Waals surface area contributed by atoms with Crippen molar-refractivity contribution in [2.45, 2.75) is 26.4 Å². The minimum Gasteiger partial charge on any atom is -0.466 e. The normalized spacial score (nSPS) is 26.0. The maximum atomic E-state index is 11.6.